The van der Waals surface area contributed by atoms with Crippen molar-refractivity contribution in [1.29, 1.82) is 5.41 Å². The summed E-state index contributed by atoms with van der Waals surface area (Å²) in [5, 5.41) is 14.6. The largest absolute Gasteiger partial charge is 0.476 e. The number of carboxylic acids is 1. The fraction of sp³-hybridized carbons (Fsp3) is 0.400. The van der Waals surface area contributed by atoms with E-state index in [4.69, 9.17) is 10.5 Å². The van der Waals surface area contributed by atoms with Crippen LogP contribution in [0.2, 0.25) is 0 Å². The first-order valence-corrected chi connectivity index (χ1v) is 2.44. The van der Waals surface area contributed by atoms with Crippen LogP contribution in [0.15, 0.2) is 0 Å². The van der Waals surface area contributed by atoms with Gasteiger partial charge in [-0.3, -0.25) is 10.2 Å². The zero-order valence-electron chi connectivity index (χ0n) is 4.97. The van der Waals surface area contributed by atoms with Crippen LogP contribution in [0.4, 0.5) is 0 Å². The number of carboxylic acid groups (broad SMARTS) is 1. The predicted octanol–water partition coefficient (Wildman–Crippen LogP) is 0.0699. The molecular weight excluding hydrogens is 122 g/mol. The Kier molecular flexibility index (Phi) is 2.57. The van der Waals surface area contributed by atoms with Gasteiger partial charge in [0.1, 0.15) is 0 Å². The molecule has 0 heterocycles. The van der Waals surface area contributed by atoms with Crippen LogP contribution in [0.25, 0.3) is 0 Å². The molecule has 0 saturated heterocycles. The van der Waals surface area contributed by atoms with Crippen molar-refractivity contribution in [3.8, 4) is 0 Å². The van der Waals surface area contributed by atoms with E-state index < -0.39 is 17.5 Å². The van der Waals surface area contributed by atoms with Crippen molar-refractivity contribution in [3.05, 3.63) is 0 Å². The summed E-state index contributed by atoms with van der Waals surface area (Å²) in [6.45, 7) is 1.51. The van der Waals surface area contributed by atoms with Crippen molar-refractivity contribution in [2.24, 2.45) is 0 Å². The van der Waals surface area contributed by atoms with Gasteiger partial charge in [0.2, 0.25) is 0 Å². The fourth-order valence-corrected chi connectivity index (χ4v) is 0.296. The van der Waals surface area contributed by atoms with Crippen LogP contribution in [-0.4, -0.2) is 22.6 Å². The van der Waals surface area contributed by atoms with E-state index in [1.165, 1.54) is 6.92 Å². The second kappa shape index (κ2) is 2.96. The molecule has 0 rings (SSSR count). The lowest BCUT2D eigenvalue weighted by molar-refractivity contribution is -0.130. The van der Waals surface area contributed by atoms with Crippen molar-refractivity contribution in [1.82, 2.24) is 0 Å². The highest BCUT2D eigenvalue weighted by molar-refractivity contribution is 6.62. The van der Waals surface area contributed by atoms with Crippen LogP contribution >= 0.6 is 0 Å². The standard InChI is InChI=1S/C5H7NO3/c1-2-3(7)4(6)5(8)9/h6H,2H2,1H3,(H,8,9). The molecule has 4 heteroatoms. The predicted molar refractivity (Wildman–Crippen MR) is 30.7 cm³/mol. The minimum absolute atomic E-state index is 0.0745. The highest BCUT2D eigenvalue weighted by Gasteiger charge is 2.13. The van der Waals surface area contributed by atoms with Gasteiger partial charge in [-0.25, -0.2) is 4.79 Å². The monoisotopic (exact) mass is 129 g/mol. The van der Waals surface area contributed by atoms with E-state index in [0.717, 1.165) is 0 Å². The van der Waals surface area contributed by atoms with Gasteiger partial charge < -0.3 is 5.11 Å². The molecule has 0 aromatic heterocycles. The molecule has 0 aliphatic heterocycles. The van der Waals surface area contributed by atoms with Crippen LogP contribution in [0, 0.1) is 5.41 Å². The molecule has 4 nitrogen and oxygen atoms in total. The summed E-state index contributed by atoms with van der Waals surface area (Å²) in [5.41, 5.74) is -0.836. The summed E-state index contributed by atoms with van der Waals surface area (Å²) in [5.74, 6) is -2.09. The summed E-state index contributed by atoms with van der Waals surface area (Å²) in [7, 11) is 0. The summed E-state index contributed by atoms with van der Waals surface area (Å²) < 4.78 is 0. The molecule has 50 valence electrons. The smallest absolute Gasteiger partial charge is 0.357 e. The van der Waals surface area contributed by atoms with Crippen molar-refractivity contribution >= 4 is 17.5 Å². The summed E-state index contributed by atoms with van der Waals surface area (Å²) in [4.78, 5) is 20.2. The molecule has 0 saturated carbocycles. The van der Waals surface area contributed by atoms with Gasteiger partial charge in [-0.1, -0.05) is 6.92 Å². The topological polar surface area (TPSA) is 78.2 Å². The molecule has 0 spiro atoms. The Balaban J connectivity index is 4.05. The minimum Gasteiger partial charge on any atom is -0.476 e. The Labute approximate surface area is 52.0 Å². The number of carbonyl (C=O) groups excluding carboxylic acids is 1. The average Bonchev–Trinajstić information content (AvgIpc) is 1.84. The maximum atomic E-state index is 10.3. The third-order valence-electron chi connectivity index (χ3n) is 0.814. The molecule has 0 unspecified atom stereocenters. The first kappa shape index (κ1) is 7.81. The third kappa shape index (κ3) is 2.03. The lowest BCUT2D eigenvalue weighted by Gasteiger charge is -1.89. The first-order chi connectivity index (χ1) is 4.09. The van der Waals surface area contributed by atoms with Crippen LogP contribution in [-0.2, 0) is 9.59 Å². The number of ketones is 1. The van der Waals surface area contributed by atoms with Gasteiger partial charge in [-0.2, -0.15) is 0 Å². The van der Waals surface area contributed by atoms with Gasteiger partial charge in [-0.15, -0.1) is 0 Å². The summed E-state index contributed by atoms with van der Waals surface area (Å²) in [6.07, 6.45) is 0.0745. The molecule has 0 aliphatic carbocycles. The average molecular weight is 129 g/mol. The van der Waals surface area contributed by atoms with E-state index in [1.807, 2.05) is 0 Å². The van der Waals surface area contributed by atoms with Crippen LogP contribution in [0.5, 0.6) is 0 Å². The molecule has 2 N–H and O–H groups in total. The van der Waals surface area contributed by atoms with Gasteiger partial charge in [-0.05, 0) is 0 Å². The fourth-order valence-electron chi connectivity index (χ4n) is 0.296. The summed E-state index contributed by atoms with van der Waals surface area (Å²) in [6, 6.07) is 0. The number of aliphatic carboxylic acids is 1. The van der Waals surface area contributed by atoms with E-state index in [2.05, 4.69) is 0 Å². The van der Waals surface area contributed by atoms with Gasteiger partial charge in [0, 0.05) is 6.42 Å². The van der Waals surface area contributed by atoms with Crippen molar-refractivity contribution in [2.45, 2.75) is 13.3 Å². The molecule has 0 aromatic rings. The van der Waals surface area contributed by atoms with Crippen LogP contribution < -0.4 is 0 Å². The number of hydrogen-bond acceptors (Lipinski definition) is 3. The maximum absolute atomic E-state index is 10.3. The molecule has 0 radical (unpaired) electrons. The highest BCUT2D eigenvalue weighted by atomic mass is 16.4. The Hall–Kier alpha value is -1.19. The molecule has 9 heavy (non-hydrogen) atoms. The third-order valence-corrected chi connectivity index (χ3v) is 0.814. The minimum atomic E-state index is -1.46. The Morgan fingerprint density at radius 2 is 2.00 bits per heavy atom. The van der Waals surface area contributed by atoms with Crippen molar-refractivity contribution < 1.29 is 14.7 Å². The molecular formula is C5H7NO3. The van der Waals surface area contributed by atoms with E-state index >= 15 is 0 Å². The van der Waals surface area contributed by atoms with Gasteiger partial charge in [0.15, 0.2) is 11.5 Å². The van der Waals surface area contributed by atoms with E-state index in [-0.39, 0.29) is 6.42 Å². The SMILES string of the molecule is CCC(=O)C(=N)C(=O)O. The second-order valence-electron chi connectivity index (χ2n) is 1.46. The maximum Gasteiger partial charge on any atom is 0.357 e. The lowest BCUT2D eigenvalue weighted by Crippen LogP contribution is -2.21. The first-order valence-electron chi connectivity index (χ1n) is 2.44. The number of rotatable bonds is 3. The van der Waals surface area contributed by atoms with Crippen molar-refractivity contribution in [2.75, 3.05) is 0 Å². The molecule has 0 amide bonds. The number of hydrogen-bond donors (Lipinski definition) is 2. The normalized spacial score (nSPS) is 8.56. The molecule has 0 aliphatic rings. The van der Waals surface area contributed by atoms with E-state index in [0.29, 0.717) is 0 Å². The van der Waals surface area contributed by atoms with Gasteiger partial charge >= 0.3 is 5.97 Å². The van der Waals surface area contributed by atoms with Gasteiger partial charge in [0.25, 0.3) is 0 Å². The summed E-state index contributed by atoms with van der Waals surface area (Å²) >= 11 is 0. The Bertz CT molecular complexity index is 162. The van der Waals surface area contributed by atoms with E-state index in [1.54, 1.807) is 0 Å². The number of carbonyl (C=O) groups is 2. The molecule has 0 fully saturated rings. The molecule has 0 aromatic carbocycles. The molecule has 0 bridgehead atoms. The number of Topliss-reactive ketones (excluding diaryl/α,β-unsaturated/α-hetero) is 1. The second-order valence-corrected chi connectivity index (χ2v) is 1.46. The Morgan fingerprint density at radius 1 is 1.56 bits per heavy atom. The lowest BCUT2D eigenvalue weighted by atomic mass is 10.2. The zero-order chi connectivity index (χ0) is 7.44. The van der Waals surface area contributed by atoms with Crippen molar-refractivity contribution in [3.63, 3.8) is 0 Å². The highest BCUT2D eigenvalue weighted by Crippen LogP contribution is 1.83. The van der Waals surface area contributed by atoms with E-state index in [9.17, 15) is 9.59 Å². The quantitative estimate of drug-likeness (QED) is 0.418. The van der Waals surface area contributed by atoms with Crippen LogP contribution in [0.1, 0.15) is 13.3 Å². The molecule has 0 atom stereocenters. The Morgan fingerprint density at radius 3 is 2.11 bits per heavy atom. The van der Waals surface area contributed by atoms with Gasteiger partial charge in [0.05, 0.1) is 0 Å². The zero-order valence-corrected chi connectivity index (χ0v) is 4.97. The van der Waals surface area contributed by atoms with Crippen LogP contribution in [0.3, 0.4) is 0 Å². The number of nitrogens with one attached hydrogen (secondary N) is 1.